The molecule has 0 saturated carbocycles. The van der Waals surface area contributed by atoms with Crippen LogP contribution in [0.25, 0.3) is 0 Å². The van der Waals surface area contributed by atoms with E-state index in [1.165, 1.54) is 15.7 Å². The molecule has 1 rings (SSSR count). The maximum absolute atomic E-state index is 6.05. The molecule has 1 aromatic carbocycles. The largest absolute Gasteiger partial charge is 0.369 e. The number of hydrogen-bond donors (Lipinski definition) is 1. The third-order valence-electron chi connectivity index (χ3n) is 3.69. The molecule has 1 atom stereocenters. The fraction of sp³-hybridized carbons (Fsp3) is 0.647. The van der Waals surface area contributed by atoms with Crippen LogP contribution in [0.2, 0.25) is 0 Å². The third kappa shape index (κ3) is 6.37. The second-order valence-corrected chi connectivity index (χ2v) is 6.80. The van der Waals surface area contributed by atoms with Crippen molar-refractivity contribution < 1.29 is 0 Å². The summed E-state index contributed by atoms with van der Waals surface area (Å²) in [4.78, 5) is 4.68. The van der Waals surface area contributed by atoms with E-state index in [0.717, 1.165) is 38.9 Å². The zero-order valence-corrected chi connectivity index (χ0v) is 15.5. The molecule has 21 heavy (non-hydrogen) atoms. The van der Waals surface area contributed by atoms with Crippen LogP contribution >= 0.6 is 15.9 Å². The summed E-state index contributed by atoms with van der Waals surface area (Å²) in [5.41, 5.74) is 8.64. The summed E-state index contributed by atoms with van der Waals surface area (Å²) in [6.45, 7) is 7.56. The topological polar surface area (TPSA) is 32.5 Å². The van der Waals surface area contributed by atoms with Gasteiger partial charge in [-0.05, 0) is 67.0 Å². The number of nitrogens with zero attached hydrogens (tertiary/aromatic N) is 2. The molecule has 2 N–H and O–H groups in total. The van der Waals surface area contributed by atoms with Gasteiger partial charge in [0.25, 0.3) is 0 Å². The van der Waals surface area contributed by atoms with Crippen LogP contribution in [-0.2, 0) is 6.42 Å². The van der Waals surface area contributed by atoms with E-state index in [1.54, 1.807) is 0 Å². The second-order valence-electron chi connectivity index (χ2n) is 5.95. The molecule has 0 aliphatic heterocycles. The molecule has 120 valence electrons. The van der Waals surface area contributed by atoms with Gasteiger partial charge >= 0.3 is 0 Å². The minimum Gasteiger partial charge on any atom is -0.369 e. The van der Waals surface area contributed by atoms with Gasteiger partial charge in [0, 0.05) is 30.1 Å². The quantitative estimate of drug-likeness (QED) is 0.735. The van der Waals surface area contributed by atoms with E-state index in [4.69, 9.17) is 5.73 Å². The van der Waals surface area contributed by atoms with Gasteiger partial charge in [-0.1, -0.05) is 19.9 Å². The van der Waals surface area contributed by atoms with Crippen molar-refractivity contribution >= 4 is 21.6 Å². The van der Waals surface area contributed by atoms with Gasteiger partial charge in [-0.25, -0.2) is 0 Å². The predicted octanol–water partition coefficient (Wildman–Crippen LogP) is 3.51. The monoisotopic (exact) mass is 355 g/mol. The van der Waals surface area contributed by atoms with Crippen LogP contribution < -0.4 is 10.6 Å². The number of benzene rings is 1. The molecule has 0 aliphatic carbocycles. The molecule has 0 aliphatic rings. The number of rotatable bonds is 9. The van der Waals surface area contributed by atoms with Crippen LogP contribution in [0.4, 0.5) is 5.69 Å². The van der Waals surface area contributed by atoms with E-state index < -0.39 is 0 Å². The van der Waals surface area contributed by atoms with Gasteiger partial charge in [0.15, 0.2) is 0 Å². The van der Waals surface area contributed by atoms with Crippen LogP contribution in [0.15, 0.2) is 22.7 Å². The van der Waals surface area contributed by atoms with E-state index in [1.807, 2.05) is 0 Å². The highest BCUT2D eigenvalue weighted by Gasteiger charge is 2.11. The van der Waals surface area contributed by atoms with Crippen molar-refractivity contribution in [3.63, 3.8) is 0 Å². The van der Waals surface area contributed by atoms with Crippen LogP contribution in [0, 0.1) is 0 Å². The Balaban J connectivity index is 2.83. The van der Waals surface area contributed by atoms with Crippen molar-refractivity contribution in [3.8, 4) is 0 Å². The molecular weight excluding hydrogens is 326 g/mol. The Labute approximate surface area is 138 Å². The molecule has 0 radical (unpaired) electrons. The van der Waals surface area contributed by atoms with Crippen molar-refractivity contribution in [2.45, 2.75) is 39.2 Å². The molecule has 3 nitrogen and oxygen atoms in total. The molecule has 0 amide bonds. The summed E-state index contributed by atoms with van der Waals surface area (Å²) in [7, 11) is 4.24. The zero-order chi connectivity index (χ0) is 15.8. The minimum atomic E-state index is 0.253. The smallest absolute Gasteiger partial charge is 0.0511 e. The summed E-state index contributed by atoms with van der Waals surface area (Å²) in [6, 6.07) is 6.92. The van der Waals surface area contributed by atoms with E-state index in [-0.39, 0.29) is 6.04 Å². The van der Waals surface area contributed by atoms with Crippen LogP contribution in [-0.4, -0.2) is 44.7 Å². The summed E-state index contributed by atoms with van der Waals surface area (Å²) < 4.78 is 1.18. The Morgan fingerprint density at radius 2 is 1.86 bits per heavy atom. The van der Waals surface area contributed by atoms with Crippen LogP contribution in [0.3, 0.4) is 0 Å². The van der Waals surface area contributed by atoms with Crippen molar-refractivity contribution in [1.82, 2.24) is 4.90 Å². The first kappa shape index (κ1) is 18.5. The van der Waals surface area contributed by atoms with Gasteiger partial charge in [0.1, 0.15) is 0 Å². The first-order valence-electron chi connectivity index (χ1n) is 7.91. The Morgan fingerprint density at radius 3 is 2.38 bits per heavy atom. The molecule has 0 heterocycles. The Morgan fingerprint density at radius 1 is 1.14 bits per heavy atom. The highest BCUT2D eigenvalue weighted by atomic mass is 79.9. The minimum absolute atomic E-state index is 0.253. The first-order valence-corrected chi connectivity index (χ1v) is 8.70. The number of anilines is 1. The Hall–Kier alpha value is -0.580. The highest BCUT2D eigenvalue weighted by molar-refractivity contribution is 9.10. The fourth-order valence-corrected chi connectivity index (χ4v) is 3.00. The third-order valence-corrected chi connectivity index (χ3v) is 4.32. The maximum Gasteiger partial charge on any atom is 0.0511 e. The highest BCUT2D eigenvalue weighted by Crippen LogP contribution is 2.28. The summed E-state index contributed by atoms with van der Waals surface area (Å²) in [5, 5.41) is 0. The van der Waals surface area contributed by atoms with E-state index in [2.05, 4.69) is 71.9 Å². The lowest BCUT2D eigenvalue weighted by Crippen LogP contribution is -2.32. The maximum atomic E-state index is 6.05. The van der Waals surface area contributed by atoms with Gasteiger partial charge in [0.2, 0.25) is 0 Å². The summed E-state index contributed by atoms with van der Waals surface area (Å²) in [5.74, 6) is 0. The van der Waals surface area contributed by atoms with Crippen molar-refractivity contribution in [2.24, 2.45) is 5.73 Å². The zero-order valence-electron chi connectivity index (χ0n) is 13.9. The molecule has 0 saturated heterocycles. The standard InChI is InChI=1S/C17H30BrN3/c1-5-9-21(11-10-20(3)4)17-8-7-14(13-16(17)18)12-15(19)6-2/h7-8,13,15H,5-6,9-12,19H2,1-4H3. The van der Waals surface area contributed by atoms with E-state index >= 15 is 0 Å². The van der Waals surface area contributed by atoms with Gasteiger partial charge in [0.05, 0.1) is 5.69 Å². The van der Waals surface area contributed by atoms with Gasteiger partial charge in [-0.15, -0.1) is 0 Å². The van der Waals surface area contributed by atoms with Crippen molar-refractivity contribution in [3.05, 3.63) is 28.2 Å². The first-order chi connectivity index (χ1) is 9.97. The lowest BCUT2D eigenvalue weighted by Gasteiger charge is -2.27. The van der Waals surface area contributed by atoms with Crippen LogP contribution in [0.1, 0.15) is 32.3 Å². The second kappa shape index (κ2) is 9.44. The SMILES string of the molecule is CCCN(CCN(C)C)c1ccc(CC(N)CC)cc1Br. The Bertz CT molecular complexity index is 420. The van der Waals surface area contributed by atoms with Crippen molar-refractivity contribution in [2.75, 3.05) is 38.6 Å². The Kier molecular flexibility index (Phi) is 8.30. The van der Waals surface area contributed by atoms with E-state index in [0.29, 0.717) is 0 Å². The van der Waals surface area contributed by atoms with Crippen LogP contribution in [0.5, 0.6) is 0 Å². The number of likely N-dealkylation sites (N-methyl/N-ethyl adjacent to an activating group) is 1. The molecule has 0 fully saturated rings. The molecule has 1 unspecified atom stereocenters. The normalized spacial score (nSPS) is 12.7. The lowest BCUT2D eigenvalue weighted by atomic mass is 10.0. The molecule has 0 bridgehead atoms. The number of hydrogen-bond acceptors (Lipinski definition) is 3. The number of nitrogens with two attached hydrogens (primary N) is 1. The van der Waals surface area contributed by atoms with Gasteiger partial charge < -0.3 is 15.5 Å². The summed E-state index contributed by atoms with van der Waals surface area (Å²) in [6.07, 6.45) is 3.12. The predicted molar refractivity (Wildman–Crippen MR) is 97.2 cm³/mol. The van der Waals surface area contributed by atoms with Gasteiger partial charge in [-0.3, -0.25) is 0 Å². The fourth-order valence-electron chi connectivity index (χ4n) is 2.32. The molecule has 1 aromatic rings. The molecule has 4 heteroatoms. The molecule has 0 aromatic heterocycles. The van der Waals surface area contributed by atoms with E-state index in [9.17, 15) is 0 Å². The average molecular weight is 356 g/mol. The average Bonchev–Trinajstić information content (AvgIpc) is 2.43. The lowest BCUT2D eigenvalue weighted by molar-refractivity contribution is 0.413. The van der Waals surface area contributed by atoms with Gasteiger partial charge in [-0.2, -0.15) is 0 Å². The molecule has 0 spiro atoms. The van der Waals surface area contributed by atoms with Crippen molar-refractivity contribution in [1.29, 1.82) is 0 Å². The molecular formula is C17H30BrN3. The summed E-state index contributed by atoms with van der Waals surface area (Å²) >= 11 is 3.74. The number of halogens is 1.